The maximum absolute atomic E-state index is 12.3. The molecule has 0 atom stereocenters. The lowest BCUT2D eigenvalue weighted by Gasteiger charge is -2.32. The van der Waals surface area contributed by atoms with Crippen molar-refractivity contribution >= 4 is 22.9 Å². The maximum atomic E-state index is 12.3. The summed E-state index contributed by atoms with van der Waals surface area (Å²) in [4.78, 5) is 26.3. The van der Waals surface area contributed by atoms with Crippen molar-refractivity contribution in [3.05, 3.63) is 36.8 Å². The van der Waals surface area contributed by atoms with Gasteiger partial charge in [-0.1, -0.05) is 12.8 Å². The Labute approximate surface area is 194 Å². The Bertz CT molecular complexity index is 1100. The predicted molar refractivity (Wildman–Crippen MR) is 129 cm³/mol. The van der Waals surface area contributed by atoms with E-state index in [1.807, 2.05) is 29.2 Å². The SMILES string of the molecule is CN1CCN(CCn2cc(-c3cnc4ccc(NC(=O)NC5CCCC5)nc4c3)cn2)CC1. The highest BCUT2D eigenvalue weighted by molar-refractivity contribution is 5.90. The number of carbonyl (C=O) groups excluding carboxylic acids is 1. The first-order valence-electron chi connectivity index (χ1n) is 11.9. The Morgan fingerprint density at radius 2 is 1.85 bits per heavy atom. The summed E-state index contributed by atoms with van der Waals surface area (Å²) in [6.45, 7) is 6.34. The fraction of sp³-hybridized carbons (Fsp3) is 0.500. The van der Waals surface area contributed by atoms with Crippen LogP contribution in [0.2, 0.25) is 0 Å². The van der Waals surface area contributed by atoms with Crippen LogP contribution in [0, 0.1) is 0 Å². The van der Waals surface area contributed by atoms with Gasteiger partial charge in [0.25, 0.3) is 0 Å². The molecule has 3 aromatic rings. The van der Waals surface area contributed by atoms with Crippen LogP contribution in [0.3, 0.4) is 0 Å². The predicted octanol–water partition coefficient (Wildman–Crippen LogP) is 2.80. The van der Waals surface area contributed by atoms with E-state index < -0.39 is 0 Å². The molecular formula is C24H32N8O. The van der Waals surface area contributed by atoms with E-state index in [2.05, 4.69) is 48.7 Å². The highest BCUT2D eigenvalue weighted by Crippen LogP contribution is 2.23. The number of rotatable bonds is 6. The molecule has 5 rings (SSSR count). The number of amides is 2. The summed E-state index contributed by atoms with van der Waals surface area (Å²) in [7, 11) is 2.17. The summed E-state index contributed by atoms with van der Waals surface area (Å²) in [6.07, 6.45) is 10.3. The molecule has 0 unspecified atom stereocenters. The monoisotopic (exact) mass is 448 g/mol. The lowest BCUT2D eigenvalue weighted by atomic mass is 10.1. The van der Waals surface area contributed by atoms with Crippen LogP contribution >= 0.6 is 0 Å². The van der Waals surface area contributed by atoms with Gasteiger partial charge in [-0.25, -0.2) is 9.78 Å². The van der Waals surface area contributed by atoms with Crippen molar-refractivity contribution < 1.29 is 4.79 Å². The second-order valence-corrected chi connectivity index (χ2v) is 9.18. The molecule has 0 radical (unpaired) electrons. The molecule has 174 valence electrons. The highest BCUT2D eigenvalue weighted by Gasteiger charge is 2.17. The van der Waals surface area contributed by atoms with Crippen LogP contribution in [0.5, 0.6) is 0 Å². The molecule has 0 spiro atoms. The van der Waals surface area contributed by atoms with Gasteiger partial charge in [0.2, 0.25) is 0 Å². The van der Waals surface area contributed by atoms with Crippen LogP contribution < -0.4 is 10.6 Å². The average Bonchev–Trinajstić information content (AvgIpc) is 3.50. The third-order valence-corrected chi connectivity index (χ3v) is 6.68. The zero-order chi connectivity index (χ0) is 22.6. The van der Waals surface area contributed by atoms with E-state index >= 15 is 0 Å². The van der Waals surface area contributed by atoms with Crippen molar-refractivity contribution in [1.29, 1.82) is 0 Å². The number of hydrogen-bond donors (Lipinski definition) is 2. The minimum Gasteiger partial charge on any atom is -0.335 e. The molecule has 0 aromatic carbocycles. The van der Waals surface area contributed by atoms with E-state index in [0.29, 0.717) is 5.82 Å². The number of nitrogens with one attached hydrogen (secondary N) is 2. The van der Waals surface area contributed by atoms with Gasteiger partial charge in [0.1, 0.15) is 5.82 Å². The first-order chi connectivity index (χ1) is 16.1. The van der Waals surface area contributed by atoms with Gasteiger partial charge in [-0.2, -0.15) is 5.10 Å². The third-order valence-electron chi connectivity index (χ3n) is 6.68. The van der Waals surface area contributed by atoms with Crippen LogP contribution in [0.25, 0.3) is 22.2 Å². The Morgan fingerprint density at radius 3 is 2.67 bits per heavy atom. The van der Waals surface area contributed by atoms with Crippen LogP contribution in [0.15, 0.2) is 36.8 Å². The molecule has 1 saturated carbocycles. The number of aromatic nitrogens is 4. The number of fused-ring (bicyclic) bond motifs is 1. The van der Waals surface area contributed by atoms with Gasteiger partial charge >= 0.3 is 6.03 Å². The normalized spacial score (nSPS) is 18.1. The molecule has 0 bridgehead atoms. The van der Waals surface area contributed by atoms with E-state index in [4.69, 9.17) is 0 Å². The fourth-order valence-electron chi connectivity index (χ4n) is 4.59. The number of urea groups is 1. The lowest BCUT2D eigenvalue weighted by molar-refractivity contribution is 0.149. The zero-order valence-corrected chi connectivity index (χ0v) is 19.2. The van der Waals surface area contributed by atoms with E-state index in [1.54, 1.807) is 6.07 Å². The number of hydrogen-bond acceptors (Lipinski definition) is 6. The van der Waals surface area contributed by atoms with Crippen LogP contribution in [0.4, 0.5) is 10.6 Å². The van der Waals surface area contributed by atoms with E-state index in [9.17, 15) is 4.79 Å². The van der Waals surface area contributed by atoms with Crippen LogP contribution in [-0.2, 0) is 6.54 Å². The van der Waals surface area contributed by atoms with E-state index in [1.165, 1.54) is 12.8 Å². The third kappa shape index (κ3) is 5.48. The van der Waals surface area contributed by atoms with Crippen molar-refractivity contribution in [2.45, 2.75) is 38.3 Å². The molecule has 33 heavy (non-hydrogen) atoms. The summed E-state index contributed by atoms with van der Waals surface area (Å²) in [5, 5.41) is 10.4. The summed E-state index contributed by atoms with van der Waals surface area (Å²) in [5.74, 6) is 0.528. The van der Waals surface area contributed by atoms with Gasteiger partial charge in [-0.3, -0.25) is 19.9 Å². The van der Waals surface area contributed by atoms with Crippen molar-refractivity contribution in [2.24, 2.45) is 0 Å². The largest absolute Gasteiger partial charge is 0.335 e. The van der Waals surface area contributed by atoms with Crippen LogP contribution in [0.1, 0.15) is 25.7 Å². The van der Waals surface area contributed by atoms with Gasteiger partial charge < -0.3 is 10.2 Å². The topological polar surface area (TPSA) is 91.2 Å². The molecule has 4 heterocycles. The standard InChI is InChI=1S/C24H32N8O/c1-30-8-10-31(11-9-30)12-13-32-17-19(16-26-32)18-14-22-21(25-15-18)6-7-23(28-22)29-24(33)27-20-4-2-3-5-20/h6-7,14-17,20H,2-5,8-13H2,1H3,(H2,27,28,29,33). The van der Waals surface area contributed by atoms with Crippen LogP contribution in [-0.4, -0.2) is 81.4 Å². The smallest absolute Gasteiger partial charge is 0.320 e. The fourth-order valence-corrected chi connectivity index (χ4v) is 4.59. The Hall–Kier alpha value is -3.04. The molecule has 1 aliphatic heterocycles. The number of piperazine rings is 1. The van der Waals surface area contributed by atoms with Gasteiger partial charge in [-0.05, 0) is 38.1 Å². The molecule has 1 aliphatic carbocycles. The Kier molecular flexibility index (Phi) is 6.50. The van der Waals surface area contributed by atoms with Gasteiger partial charge in [-0.15, -0.1) is 0 Å². The molecule has 2 N–H and O–H groups in total. The summed E-state index contributed by atoms with van der Waals surface area (Å²) < 4.78 is 2.00. The van der Waals surface area contributed by atoms with Gasteiger partial charge in [0.05, 0.1) is 23.8 Å². The second-order valence-electron chi connectivity index (χ2n) is 9.18. The van der Waals surface area contributed by atoms with E-state index in [-0.39, 0.29) is 12.1 Å². The summed E-state index contributed by atoms with van der Waals surface area (Å²) >= 11 is 0. The number of pyridine rings is 2. The molecule has 1 saturated heterocycles. The van der Waals surface area contributed by atoms with Gasteiger partial charge in [0, 0.05) is 62.3 Å². The molecule has 2 aliphatic rings. The van der Waals surface area contributed by atoms with Crippen molar-refractivity contribution in [1.82, 2.24) is 34.9 Å². The minimum atomic E-state index is -0.195. The van der Waals surface area contributed by atoms with Crippen molar-refractivity contribution in [3.63, 3.8) is 0 Å². The first kappa shape index (κ1) is 21.8. The molecular weight excluding hydrogens is 416 g/mol. The molecule has 2 amide bonds. The van der Waals surface area contributed by atoms with Gasteiger partial charge in [0.15, 0.2) is 0 Å². The Balaban J connectivity index is 1.23. The number of likely N-dealkylation sites (N-methyl/N-ethyl adjacent to an activating group) is 1. The average molecular weight is 449 g/mol. The minimum absolute atomic E-state index is 0.195. The maximum Gasteiger partial charge on any atom is 0.320 e. The zero-order valence-electron chi connectivity index (χ0n) is 19.2. The quantitative estimate of drug-likeness (QED) is 0.603. The first-order valence-corrected chi connectivity index (χ1v) is 11.9. The summed E-state index contributed by atoms with van der Waals surface area (Å²) in [5.41, 5.74) is 3.52. The highest BCUT2D eigenvalue weighted by atomic mass is 16.2. The van der Waals surface area contributed by atoms with Crippen molar-refractivity contribution in [3.8, 4) is 11.1 Å². The van der Waals surface area contributed by atoms with Crippen molar-refractivity contribution in [2.75, 3.05) is 45.1 Å². The molecule has 2 fully saturated rings. The number of anilines is 1. The molecule has 3 aromatic heterocycles. The second kappa shape index (κ2) is 9.84. The van der Waals surface area contributed by atoms with E-state index in [0.717, 1.165) is 74.3 Å². The Morgan fingerprint density at radius 1 is 1.03 bits per heavy atom. The lowest BCUT2D eigenvalue weighted by Crippen LogP contribution is -2.45. The molecule has 9 heteroatoms. The molecule has 9 nitrogen and oxygen atoms in total. The summed E-state index contributed by atoms with van der Waals surface area (Å²) in [6, 6.07) is 5.76. The number of carbonyl (C=O) groups is 1. The number of nitrogens with zero attached hydrogens (tertiary/aromatic N) is 6.